The lowest BCUT2D eigenvalue weighted by molar-refractivity contribution is 0.0742. The third kappa shape index (κ3) is 4.32. The van der Waals surface area contributed by atoms with Gasteiger partial charge in [-0.15, -0.1) is 0 Å². The zero-order chi connectivity index (χ0) is 15.2. The van der Waals surface area contributed by atoms with Gasteiger partial charge in [-0.2, -0.15) is 0 Å². The van der Waals surface area contributed by atoms with E-state index in [1.807, 2.05) is 35.2 Å². The van der Waals surface area contributed by atoms with Gasteiger partial charge in [-0.25, -0.2) is 0 Å². The van der Waals surface area contributed by atoms with Crippen LogP contribution in [0, 0.1) is 0 Å². The van der Waals surface area contributed by atoms with E-state index in [0.717, 1.165) is 23.0 Å². The van der Waals surface area contributed by atoms with Gasteiger partial charge in [0.25, 0.3) is 5.91 Å². The molecular formula is C17H17BrClNO. The van der Waals surface area contributed by atoms with Crippen molar-refractivity contribution in [1.82, 2.24) is 4.90 Å². The average Bonchev–Trinajstić information content (AvgIpc) is 2.47. The normalized spacial score (nSPS) is 10.4. The lowest BCUT2D eigenvalue weighted by Crippen LogP contribution is -2.31. The molecule has 0 saturated carbocycles. The van der Waals surface area contributed by atoms with Crippen molar-refractivity contribution < 1.29 is 4.79 Å². The van der Waals surface area contributed by atoms with Gasteiger partial charge in [-0.1, -0.05) is 48.9 Å². The maximum Gasteiger partial charge on any atom is 0.255 e. The highest BCUT2D eigenvalue weighted by Crippen LogP contribution is 2.23. The van der Waals surface area contributed by atoms with Crippen molar-refractivity contribution in [2.45, 2.75) is 19.9 Å². The number of nitrogens with zero attached hydrogens (tertiary/aromatic N) is 1. The van der Waals surface area contributed by atoms with Crippen molar-refractivity contribution in [2.75, 3.05) is 6.54 Å². The van der Waals surface area contributed by atoms with Crippen LogP contribution in [0.3, 0.4) is 0 Å². The molecule has 0 saturated heterocycles. The number of benzene rings is 2. The first-order valence-electron chi connectivity index (χ1n) is 6.90. The lowest BCUT2D eigenvalue weighted by atomic mass is 10.1. The molecule has 4 heteroatoms. The fourth-order valence-corrected chi connectivity index (χ4v) is 3.01. The minimum atomic E-state index is 0.0178. The van der Waals surface area contributed by atoms with Crippen LogP contribution in [0.5, 0.6) is 0 Å². The Labute approximate surface area is 138 Å². The van der Waals surface area contributed by atoms with Gasteiger partial charge in [-0.05, 0) is 46.1 Å². The molecule has 0 N–H and O–H groups in total. The third-order valence-electron chi connectivity index (χ3n) is 3.16. The molecule has 2 rings (SSSR count). The highest BCUT2D eigenvalue weighted by molar-refractivity contribution is 9.10. The maximum atomic E-state index is 12.7. The van der Waals surface area contributed by atoms with Gasteiger partial charge in [0.05, 0.1) is 5.56 Å². The molecule has 21 heavy (non-hydrogen) atoms. The number of halogens is 2. The average molecular weight is 367 g/mol. The van der Waals surface area contributed by atoms with Crippen LogP contribution in [0.15, 0.2) is 53.0 Å². The Hall–Kier alpha value is -1.32. The molecule has 0 aliphatic rings. The molecule has 0 spiro atoms. The predicted molar refractivity (Wildman–Crippen MR) is 90.6 cm³/mol. The number of hydrogen-bond donors (Lipinski definition) is 0. The molecule has 1 amide bonds. The molecule has 0 unspecified atom stereocenters. The Morgan fingerprint density at radius 3 is 2.52 bits per heavy atom. The highest BCUT2D eigenvalue weighted by Gasteiger charge is 2.18. The van der Waals surface area contributed by atoms with E-state index in [1.165, 1.54) is 0 Å². The van der Waals surface area contributed by atoms with Crippen molar-refractivity contribution >= 4 is 33.4 Å². The minimum Gasteiger partial charge on any atom is -0.334 e. The Kier molecular flexibility index (Phi) is 5.83. The van der Waals surface area contributed by atoms with Gasteiger partial charge in [0.2, 0.25) is 0 Å². The molecule has 0 radical (unpaired) electrons. The van der Waals surface area contributed by atoms with Gasteiger partial charge < -0.3 is 4.90 Å². The van der Waals surface area contributed by atoms with Crippen molar-refractivity contribution in [3.8, 4) is 0 Å². The molecule has 0 aliphatic carbocycles. The molecule has 2 aromatic carbocycles. The van der Waals surface area contributed by atoms with Gasteiger partial charge in [0, 0.05) is 22.6 Å². The number of carbonyl (C=O) groups is 1. The first-order chi connectivity index (χ1) is 10.1. The molecule has 2 nitrogen and oxygen atoms in total. The summed E-state index contributed by atoms with van der Waals surface area (Å²) in [6, 6.07) is 15.3. The fraction of sp³-hybridized carbons (Fsp3) is 0.235. The van der Waals surface area contributed by atoms with E-state index in [-0.39, 0.29) is 5.91 Å². The van der Waals surface area contributed by atoms with E-state index in [0.29, 0.717) is 17.1 Å². The zero-order valence-corrected chi connectivity index (χ0v) is 14.2. The second-order valence-electron chi connectivity index (χ2n) is 4.84. The van der Waals surface area contributed by atoms with Crippen molar-refractivity contribution in [1.29, 1.82) is 0 Å². The van der Waals surface area contributed by atoms with Crippen LogP contribution in [0.2, 0.25) is 5.02 Å². The minimum absolute atomic E-state index is 0.0178. The summed E-state index contributed by atoms with van der Waals surface area (Å²) in [6.45, 7) is 3.41. The summed E-state index contributed by atoms with van der Waals surface area (Å²) in [5.41, 5.74) is 1.77. The van der Waals surface area contributed by atoms with E-state index in [9.17, 15) is 4.79 Å². The SMILES string of the molecule is CCCN(Cc1ccccc1)C(=O)c1ccc(Cl)cc1Br. The summed E-state index contributed by atoms with van der Waals surface area (Å²) in [5.74, 6) is 0.0178. The smallest absolute Gasteiger partial charge is 0.255 e. The van der Waals surface area contributed by atoms with E-state index in [4.69, 9.17) is 11.6 Å². The Morgan fingerprint density at radius 1 is 1.19 bits per heavy atom. The summed E-state index contributed by atoms with van der Waals surface area (Å²) < 4.78 is 0.731. The van der Waals surface area contributed by atoms with Crippen molar-refractivity contribution in [2.24, 2.45) is 0 Å². The molecule has 0 fully saturated rings. The molecule has 2 aromatic rings. The Morgan fingerprint density at radius 2 is 1.90 bits per heavy atom. The highest BCUT2D eigenvalue weighted by atomic mass is 79.9. The summed E-state index contributed by atoms with van der Waals surface area (Å²) in [7, 11) is 0. The Bertz CT molecular complexity index is 615. The first kappa shape index (κ1) is 16.1. The van der Waals surface area contributed by atoms with E-state index in [1.54, 1.807) is 18.2 Å². The van der Waals surface area contributed by atoms with Crippen LogP contribution < -0.4 is 0 Å². The van der Waals surface area contributed by atoms with Crippen LogP contribution in [0.1, 0.15) is 29.3 Å². The predicted octanol–water partition coefficient (Wildman–Crippen LogP) is 5.15. The van der Waals surface area contributed by atoms with E-state index in [2.05, 4.69) is 22.9 Å². The molecule has 110 valence electrons. The van der Waals surface area contributed by atoms with Gasteiger partial charge in [-0.3, -0.25) is 4.79 Å². The summed E-state index contributed by atoms with van der Waals surface area (Å²) in [6.07, 6.45) is 0.920. The zero-order valence-electron chi connectivity index (χ0n) is 11.9. The van der Waals surface area contributed by atoms with Crippen molar-refractivity contribution in [3.63, 3.8) is 0 Å². The van der Waals surface area contributed by atoms with Crippen LogP contribution >= 0.6 is 27.5 Å². The third-order valence-corrected chi connectivity index (χ3v) is 4.05. The fourth-order valence-electron chi connectivity index (χ4n) is 2.16. The number of hydrogen-bond acceptors (Lipinski definition) is 1. The summed E-state index contributed by atoms with van der Waals surface area (Å²) in [5, 5.41) is 0.614. The van der Waals surface area contributed by atoms with Gasteiger partial charge >= 0.3 is 0 Å². The molecule has 0 bridgehead atoms. The topological polar surface area (TPSA) is 20.3 Å². The van der Waals surface area contributed by atoms with Crippen molar-refractivity contribution in [3.05, 3.63) is 69.2 Å². The molecular weight excluding hydrogens is 350 g/mol. The molecule has 0 aromatic heterocycles. The standard InChI is InChI=1S/C17H17BrClNO/c1-2-10-20(12-13-6-4-3-5-7-13)17(21)15-9-8-14(19)11-16(15)18/h3-9,11H,2,10,12H2,1H3. The lowest BCUT2D eigenvalue weighted by Gasteiger charge is -2.23. The van der Waals surface area contributed by atoms with E-state index < -0.39 is 0 Å². The summed E-state index contributed by atoms with van der Waals surface area (Å²) >= 11 is 9.36. The number of amides is 1. The number of rotatable bonds is 5. The monoisotopic (exact) mass is 365 g/mol. The second kappa shape index (κ2) is 7.62. The molecule has 0 aliphatic heterocycles. The van der Waals surface area contributed by atoms with Crippen LogP contribution in [0.4, 0.5) is 0 Å². The maximum absolute atomic E-state index is 12.7. The van der Waals surface area contributed by atoms with Crippen LogP contribution in [-0.4, -0.2) is 17.4 Å². The van der Waals surface area contributed by atoms with Crippen LogP contribution in [-0.2, 0) is 6.54 Å². The largest absolute Gasteiger partial charge is 0.334 e. The first-order valence-corrected chi connectivity index (χ1v) is 8.07. The quantitative estimate of drug-likeness (QED) is 0.716. The van der Waals surface area contributed by atoms with Gasteiger partial charge in [0.1, 0.15) is 0 Å². The summed E-state index contributed by atoms with van der Waals surface area (Å²) in [4.78, 5) is 14.6. The number of carbonyl (C=O) groups excluding carboxylic acids is 1. The Balaban J connectivity index is 2.23. The van der Waals surface area contributed by atoms with Gasteiger partial charge in [0.15, 0.2) is 0 Å². The molecule has 0 atom stereocenters. The van der Waals surface area contributed by atoms with Crippen LogP contribution in [0.25, 0.3) is 0 Å². The van der Waals surface area contributed by atoms with E-state index >= 15 is 0 Å². The second-order valence-corrected chi connectivity index (χ2v) is 6.13. The molecule has 0 heterocycles.